The van der Waals surface area contributed by atoms with Gasteiger partial charge in [-0.3, -0.25) is 19.1 Å². The summed E-state index contributed by atoms with van der Waals surface area (Å²) < 4.78 is 33.7. The molecule has 0 atom stereocenters. The first-order chi connectivity index (χ1) is 16.5. The number of carbonyl (C=O) groups is 1. The molecule has 0 aliphatic heterocycles. The largest absolute Gasteiger partial charge is 0.334 e. The first-order valence-corrected chi connectivity index (χ1v) is 10.1. The summed E-state index contributed by atoms with van der Waals surface area (Å²) in [6.07, 6.45) is 3.21. The molecule has 0 radical (unpaired) electrons. The lowest BCUT2D eigenvalue weighted by atomic mass is 10.1. The Morgan fingerprint density at radius 1 is 1.06 bits per heavy atom. The number of amides is 1. The van der Waals surface area contributed by atoms with E-state index < -0.39 is 23.1 Å². The molecule has 8 nitrogen and oxygen atoms in total. The molecular weight excluding hydrogens is 444 g/mol. The molecule has 0 fully saturated rings. The van der Waals surface area contributed by atoms with Crippen LogP contribution in [0.3, 0.4) is 0 Å². The number of aromatic nitrogens is 4. The van der Waals surface area contributed by atoms with Crippen molar-refractivity contribution in [2.75, 3.05) is 5.32 Å². The van der Waals surface area contributed by atoms with Gasteiger partial charge in [-0.15, -0.1) is 0 Å². The van der Waals surface area contributed by atoms with Crippen LogP contribution in [0.1, 0.15) is 0 Å². The highest BCUT2D eigenvalue weighted by atomic mass is 19.1. The van der Waals surface area contributed by atoms with E-state index in [4.69, 9.17) is 4.52 Å². The van der Waals surface area contributed by atoms with Crippen molar-refractivity contribution in [3.63, 3.8) is 0 Å². The number of carbonyl (C=O) groups excluding carboxylic acids is 1. The third-order valence-corrected chi connectivity index (χ3v) is 5.10. The van der Waals surface area contributed by atoms with Crippen LogP contribution >= 0.6 is 0 Å². The number of pyridine rings is 2. The second-order valence-electron chi connectivity index (χ2n) is 7.34. The van der Waals surface area contributed by atoms with Crippen molar-refractivity contribution >= 4 is 22.5 Å². The van der Waals surface area contributed by atoms with Gasteiger partial charge < -0.3 is 9.84 Å². The molecule has 0 aliphatic rings. The minimum atomic E-state index is -0.915. The average Bonchev–Trinajstić information content (AvgIpc) is 3.33. The quantitative estimate of drug-likeness (QED) is 0.426. The Balaban J connectivity index is 1.50. The van der Waals surface area contributed by atoms with Crippen LogP contribution in [-0.2, 0) is 11.3 Å². The fourth-order valence-electron chi connectivity index (χ4n) is 3.54. The molecule has 3 heterocycles. The van der Waals surface area contributed by atoms with E-state index in [9.17, 15) is 18.4 Å². The van der Waals surface area contributed by atoms with Crippen molar-refractivity contribution in [1.29, 1.82) is 0 Å². The van der Waals surface area contributed by atoms with Crippen molar-refractivity contribution in [1.82, 2.24) is 19.7 Å². The van der Waals surface area contributed by atoms with E-state index in [1.807, 2.05) is 0 Å². The maximum Gasteiger partial charge on any atom is 0.259 e. The summed E-state index contributed by atoms with van der Waals surface area (Å²) in [7, 11) is 0. The number of nitrogens with one attached hydrogen (secondary N) is 1. The van der Waals surface area contributed by atoms with Crippen LogP contribution < -0.4 is 10.9 Å². The van der Waals surface area contributed by atoms with Crippen LogP contribution in [0.15, 0.2) is 82.4 Å². The summed E-state index contributed by atoms with van der Waals surface area (Å²) in [4.78, 5) is 33.9. The molecule has 0 saturated carbocycles. The first kappa shape index (κ1) is 21.1. The van der Waals surface area contributed by atoms with E-state index in [1.54, 1.807) is 48.8 Å². The highest BCUT2D eigenvalue weighted by Gasteiger charge is 2.18. The Hall–Kier alpha value is -4.73. The highest BCUT2D eigenvalue weighted by Crippen LogP contribution is 2.28. The fourth-order valence-corrected chi connectivity index (χ4v) is 3.54. The molecule has 0 saturated heterocycles. The maximum absolute atomic E-state index is 13.9. The number of anilines is 1. The topological polar surface area (TPSA) is 103 Å². The van der Waals surface area contributed by atoms with Crippen LogP contribution in [0.5, 0.6) is 0 Å². The van der Waals surface area contributed by atoms with Gasteiger partial charge in [0.1, 0.15) is 18.2 Å². The Bertz CT molecular complexity index is 1580. The van der Waals surface area contributed by atoms with E-state index in [0.29, 0.717) is 33.9 Å². The molecular formula is C24H15F2N5O3. The van der Waals surface area contributed by atoms with Gasteiger partial charge >= 0.3 is 0 Å². The SMILES string of the molecule is O=C(Cn1c(=O)cc(-c2nc(-c3cccnc3)no2)c2ccccc21)Nc1ccc(F)cc1F. The van der Waals surface area contributed by atoms with Gasteiger partial charge in [0.2, 0.25) is 11.7 Å². The minimum absolute atomic E-state index is 0.136. The minimum Gasteiger partial charge on any atom is -0.334 e. The number of fused-ring (bicyclic) bond motifs is 1. The smallest absolute Gasteiger partial charge is 0.259 e. The van der Waals surface area contributed by atoms with Gasteiger partial charge in [-0.2, -0.15) is 4.98 Å². The Morgan fingerprint density at radius 2 is 1.91 bits per heavy atom. The number of hydrogen-bond donors (Lipinski definition) is 1. The summed E-state index contributed by atoms with van der Waals surface area (Å²) in [6, 6.07) is 14.5. The predicted octanol–water partition coefficient (Wildman–Crippen LogP) is 4.03. The van der Waals surface area contributed by atoms with Crippen molar-refractivity contribution in [2.24, 2.45) is 0 Å². The molecule has 3 aromatic heterocycles. The van der Waals surface area contributed by atoms with Crippen LogP contribution in [0.25, 0.3) is 33.7 Å². The van der Waals surface area contributed by atoms with Gasteiger partial charge in [0.05, 0.1) is 16.8 Å². The standard InChI is InChI=1S/C24H15F2N5O3/c25-15-7-8-19(18(26)10-15)28-21(32)13-31-20-6-2-1-5-16(20)17(11-22(31)33)24-29-23(30-34-24)14-4-3-9-27-12-14/h1-12H,13H2,(H,28,32). The lowest BCUT2D eigenvalue weighted by Crippen LogP contribution is -2.28. The van der Waals surface area contributed by atoms with E-state index in [2.05, 4.69) is 20.4 Å². The van der Waals surface area contributed by atoms with E-state index >= 15 is 0 Å². The number of benzene rings is 2. The number of rotatable bonds is 5. The van der Waals surface area contributed by atoms with Crippen molar-refractivity contribution < 1.29 is 18.1 Å². The third kappa shape index (κ3) is 4.04. The molecule has 0 aliphatic carbocycles. The zero-order chi connectivity index (χ0) is 23.7. The van der Waals surface area contributed by atoms with Crippen LogP contribution in [-0.4, -0.2) is 25.6 Å². The van der Waals surface area contributed by atoms with Crippen molar-refractivity contribution in [2.45, 2.75) is 6.54 Å². The zero-order valence-electron chi connectivity index (χ0n) is 17.4. The van der Waals surface area contributed by atoms with Crippen LogP contribution in [0.4, 0.5) is 14.5 Å². The average molecular weight is 459 g/mol. The first-order valence-electron chi connectivity index (χ1n) is 10.1. The monoisotopic (exact) mass is 459 g/mol. The van der Waals surface area contributed by atoms with Gasteiger partial charge in [-0.05, 0) is 30.3 Å². The predicted molar refractivity (Wildman–Crippen MR) is 120 cm³/mol. The lowest BCUT2D eigenvalue weighted by molar-refractivity contribution is -0.116. The molecule has 5 aromatic rings. The molecule has 10 heteroatoms. The Labute approximate surface area is 190 Å². The number of halogens is 2. The summed E-state index contributed by atoms with van der Waals surface area (Å²) in [6.45, 7) is -0.388. The third-order valence-electron chi connectivity index (χ3n) is 5.10. The molecule has 34 heavy (non-hydrogen) atoms. The molecule has 1 N–H and O–H groups in total. The molecule has 0 spiro atoms. The summed E-state index contributed by atoms with van der Waals surface area (Å²) in [5.74, 6) is -1.88. The summed E-state index contributed by atoms with van der Waals surface area (Å²) >= 11 is 0. The number of hydrogen-bond acceptors (Lipinski definition) is 6. The normalized spacial score (nSPS) is 11.0. The Kier molecular flexibility index (Phi) is 5.38. The number of nitrogens with zero attached hydrogens (tertiary/aromatic N) is 4. The van der Waals surface area contributed by atoms with Crippen molar-refractivity contribution in [3.05, 3.63) is 95.0 Å². The summed E-state index contributed by atoms with van der Waals surface area (Å²) in [5.41, 5.74) is 0.823. The fraction of sp³-hybridized carbons (Fsp3) is 0.0417. The summed E-state index contributed by atoms with van der Waals surface area (Å²) in [5, 5.41) is 6.93. The lowest BCUT2D eigenvalue weighted by Gasteiger charge is -2.12. The maximum atomic E-state index is 13.9. The number of para-hydroxylation sites is 1. The van der Waals surface area contributed by atoms with Crippen LogP contribution in [0, 0.1) is 11.6 Å². The second kappa shape index (κ2) is 8.66. The van der Waals surface area contributed by atoms with Gasteiger partial charge in [0.25, 0.3) is 11.4 Å². The second-order valence-corrected chi connectivity index (χ2v) is 7.34. The molecule has 2 aromatic carbocycles. The molecule has 0 bridgehead atoms. The highest BCUT2D eigenvalue weighted by molar-refractivity contribution is 5.95. The van der Waals surface area contributed by atoms with Crippen LogP contribution in [0.2, 0.25) is 0 Å². The van der Waals surface area contributed by atoms with Gasteiger partial charge in [-0.25, -0.2) is 8.78 Å². The Morgan fingerprint density at radius 3 is 2.71 bits per heavy atom. The van der Waals surface area contributed by atoms with Gasteiger partial charge in [0, 0.05) is 35.5 Å². The molecule has 5 rings (SSSR count). The molecule has 168 valence electrons. The van der Waals surface area contributed by atoms with E-state index in [0.717, 1.165) is 12.1 Å². The van der Waals surface area contributed by atoms with Gasteiger partial charge in [0.15, 0.2) is 0 Å². The van der Waals surface area contributed by atoms with Crippen molar-refractivity contribution in [3.8, 4) is 22.8 Å². The molecule has 0 unspecified atom stereocenters. The van der Waals surface area contributed by atoms with Gasteiger partial charge in [-0.1, -0.05) is 23.4 Å². The van der Waals surface area contributed by atoms with E-state index in [-0.39, 0.29) is 18.1 Å². The van der Waals surface area contributed by atoms with E-state index in [1.165, 1.54) is 10.6 Å². The zero-order valence-corrected chi connectivity index (χ0v) is 17.4. The molecule has 1 amide bonds.